The van der Waals surface area contributed by atoms with E-state index in [9.17, 15) is 4.39 Å². The van der Waals surface area contributed by atoms with Crippen LogP contribution in [0.1, 0.15) is 1.43 Å². The Morgan fingerprint density at radius 3 is 2.12 bits per heavy atom. The van der Waals surface area contributed by atoms with Crippen molar-refractivity contribution < 1.29 is 35.4 Å². The molecular weight excluding hydrogens is 122 g/mol. The predicted octanol–water partition coefficient (Wildman–Crippen LogP) is -1.77. The summed E-state index contributed by atoms with van der Waals surface area (Å²) in [4.78, 5) is 0. The standard InChI is InChI=1S/C2H3FN4.Na.H/c3-1-2-4-6-7-5-2;;/h2H,1H2;;/q;+1;-1. The minimum absolute atomic E-state index is 0. The maximum absolute atomic E-state index is 11.4. The second-order valence-corrected chi connectivity index (χ2v) is 1.04. The molecule has 0 aromatic rings. The first-order valence-corrected chi connectivity index (χ1v) is 1.79. The van der Waals surface area contributed by atoms with Crippen LogP contribution in [-0.2, 0) is 0 Å². The Morgan fingerprint density at radius 1 is 1.38 bits per heavy atom. The van der Waals surface area contributed by atoms with E-state index in [-0.39, 0.29) is 31.0 Å². The number of alkyl halides is 1. The largest absolute Gasteiger partial charge is 1.00 e. The van der Waals surface area contributed by atoms with Crippen molar-refractivity contribution in [3.63, 3.8) is 0 Å². The van der Waals surface area contributed by atoms with Crippen LogP contribution in [0, 0.1) is 0 Å². The Balaban J connectivity index is 0. The summed E-state index contributed by atoms with van der Waals surface area (Å²) in [6.45, 7) is -0.604. The van der Waals surface area contributed by atoms with Crippen molar-refractivity contribution in [2.45, 2.75) is 6.17 Å². The first kappa shape index (κ1) is 8.13. The van der Waals surface area contributed by atoms with Crippen LogP contribution in [0.25, 0.3) is 0 Å². The average Bonchev–Trinajstić information content (AvgIpc) is 2.14. The van der Waals surface area contributed by atoms with Crippen molar-refractivity contribution in [3.05, 3.63) is 0 Å². The number of nitrogens with zero attached hydrogens (tertiary/aromatic N) is 4. The van der Waals surface area contributed by atoms with Gasteiger partial charge in [0.15, 0.2) is 0 Å². The van der Waals surface area contributed by atoms with E-state index >= 15 is 0 Å². The minimum Gasteiger partial charge on any atom is -1.00 e. The summed E-state index contributed by atoms with van der Waals surface area (Å²) < 4.78 is 11.4. The van der Waals surface area contributed by atoms with Gasteiger partial charge in [-0.05, 0) is 10.4 Å². The first-order chi connectivity index (χ1) is 3.43. The molecule has 0 fully saturated rings. The Hall–Kier alpha value is 0.130. The van der Waals surface area contributed by atoms with Crippen LogP contribution >= 0.6 is 0 Å². The van der Waals surface area contributed by atoms with E-state index in [0.29, 0.717) is 0 Å². The molecule has 1 aliphatic rings. The first-order valence-electron chi connectivity index (χ1n) is 1.79. The zero-order valence-electron chi connectivity index (χ0n) is 5.45. The van der Waals surface area contributed by atoms with Gasteiger partial charge < -0.3 is 1.43 Å². The van der Waals surface area contributed by atoms with Crippen molar-refractivity contribution in [2.75, 3.05) is 6.67 Å². The summed E-state index contributed by atoms with van der Waals surface area (Å²) in [5.74, 6) is 0. The maximum Gasteiger partial charge on any atom is 1.00 e. The van der Waals surface area contributed by atoms with Crippen molar-refractivity contribution in [3.8, 4) is 0 Å². The van der Waals surface area contributed by atoms with E-state index < -0.39 is 12.8 Å². The van der Waals surface area contributed by atoms with E-state index in [2.05, 4.69) is 20.7 Å². The average molecular weight is 126 g/mol. The van der Waals surface area contributed by atoms with Crippen LogP contribution in [0.2, 0.25) is 0 Å². The van der Waals surface area contributed by atoms with Crippen LogP contribution < -0.4 is 29.6 Å². The van der Waals surface area contributed by atoms with E-state index in [1.165, 1.54) is 0 Å². The molecule has 0 N–H and O–H groups in total. The molecule has 0 saturated heterocycles. The van der Waals surface area contributed by atoms with E-state index in [0.717, 1.165) is 0 Å². The van der Waals surface area contributed by atoms with Crippen LogP contribution in [0.4, 0.5) is 4.39 Å². The van der Waals surface area contributed by atoms with Gasteiger partial charge in [-0.3, -0.25) is 0 Å². The molecule has 1 rings (SSSR count). The Bertz CT molecular complexity index is 105. The van der Waals surface area contributed by atoms with Gasteiger partial charge in [0.05, 0.1) is 0 Å². The molecule has 1 heterocycles. The van der Waals surface area contributed by atoms with Gasteiger partial charge in [-0.1, -0.05) is 0 Å². The van der Waals surface area contributed by atoms with Crippen LogP contribution in [0.5, 0.6) is 0 Å². The van der Waals surface area contributed by atoms with Gasteiger partial charge in [-0.2, -0.15) is 0 Å². The zero-order valence-corrected chi connectivity index (χ0v) is 6.45. The molecule has 0 aromatic heterocycles. The predicted molar refractivity (Wildman–Crippen MR) is 20.6 cm³/mol. The van der Waals surface area contributed by atoms with Crippen LogP contribution in [0.3, 0.4) is 0 Å². The van der Waals surface area contributed by atoms with Gasteiger partial charge in [0.2, 0.25) is 6.17 Å². The monoisotopic (exact) mass is 126 g/mol. The Kier molecular flexibility index (Phi) is 4.12. The summed E-state index contributed by atoms with van der Waals surface area (Å²) in [6.07, 6.45) is -0.653. The molecular formula is C2H4FN4Na. The zero-order chi connectivity index (χ0) is 5.11. The number of halogens is 1. The molecule has 0 atom stereocenters. The van der Waals surface area contributed by atoms with Crippen molar-refractivity contribution >= 4 is 0 Å². The van der Waals surface area contributed by atoms with Gasteiger partial charge in [-0.15, -0.1) is 10.2 Å². The normalized spacial score (nSPS) is 16.6. The molecule has 0 amide bonds. The van der Waals surface area contributed by atoms with Gasteiger partial charge >= 0.3 is 29.6 Å². The van der Waals surface area contributed by atoms with Crippen LogP contribution in [0.15, 0.2) is 20.7 Å². The molecule has 0 aliphatic carbocycles. The SMILES string of the molecule is FCC1N=NN=N1.[H-].[Na+]. The van der Waals surface area contributed by atoms with Gasteiger partial charge in [0.25, 0.3) is 0 Å². The summed E-state index contributed by atoms with van der Waals surface area (Å²) in [5.41, 5.74) is 0. The third kappa shape index (κ3) is 1.94. The molecule has 0 aromatic carbocycles. The number of rotatable bonds is 1. The second-order valence-electron chi connectivity index (χ2n) is 1.04. The molecule has 8 heavy (non-hydrogen) atoms. The molecule has 0 spiro atoms. The van der Waals surface area contributed by atoms with E-state index in [4.69, 9.17) is 0 Å². The molecule has 6 heteroatoms. The molecule has 0 bridgehead atoms. The summed E-state index contributed by atoms with van der Waals surface area (Å²) in [5, 5.41) is 12.7. The second kappa shape index (κ2) is 4.05. The van der Waals surface area contributed by atoms with Crippen molar-refractivity contribution in [2.24, 2.45) is 20.7 Å². The van der Waals surface area contributed by atoms with Gasteiger partial charge in [0, 0.05) is 0 Å². The van der Waals surface area contributed by atoms with Crippen LogP contribution in [-0.4, -0.2) is 12.8 Å². The van der Waals surface area contributed by atoms with Gasteiger partial charge in [0.1, 0.15) is 6.67 Å². The van der Waals surface area contributed by atoms with E-state index in [1.54, 1.807) is 0 Å². The number of hydrogen-bond donors (Lipinski definition) is 0. The fourth-order valence-corrected chi connectivity index (χ4v) is 0.250. The molecule has 4 nitrogen and oxygen atoms in total. The van der Waals surface area contributed by atoms with E-state index in [1.807, 2.05) is 0 Å². The summed E-state index contributed by atoms with van der Waals surface area (Å²) >= 11 is 0. The molecule has 1 aliphatic heterocycles. The summed E-state index contributed by atoms with van der Waals surface area (Å²) in [6, 6.07) is 0. The molecule has 0 radical (unpaired) electrons. The molecule has 40 valence electrons. The van der Waals surface area contributed by atoms with Gasteiger partial charge in [-0.25, -0.2) is 4.39 Å². The van der Waals surface area contributed by atoms with Crippen molar-refractivity contribution in [1.29, 1.82) is 0 Å². The third-order valence-electron chi connectivity index (χ3n) is 0.548. The fourth-order valence-electron chi connectivity index (χ4n) is 0.250. The third-order valence-corrected chi connectivity index (χ3v) is 0.548. The minimum atomic E-state index is -0.653. The molecule has 0 saturated carbocycles. The Morgan fingerprint density at radius 2 is 1.88 bits per heavy atom. The number of hydrogen-bond acceptors (Lipinski definition) is 4. The Labute approximate surface area is 69.0 Å². The smallest absolute Gasteiger partial charge is 1.00 e. The maximum atomic E-state index is 11.4. The quantitative estimate of drug-likeness (QED) is 0.373. The summed E-state index contributed by atoms with van der Waals surface area (Å²) in [7, 11) is 0. The molecule has 0 unspecified atom stereocenters. The fraction of sp³-hybridized carbons (Fsp3) is 1.00. The van der Waals surface area contributed by atoms with Crippen molar-refractivity contribution in [1.82, 2.24) is 0 Å². The topological polar surface area (TPSA) is 49.4 Å².